The van der Waals surface area contributed by atoms with E-state index in [4.69, 9.17) is 0 Å². The van der Waals surface area contributed by atoms with Gasteiger partial charge in [-0.1, -0.05) is 32.4 Å². The third-order valence-electron chi connectivity index (χ3n) is 4.11. The first-order chi connectivity index (χ1) is 6.47. The molecule has 0 unspecified atom stereocenters. The summed E-state index contributed by atoms with van der Waals surface area (Å²) in [5.41, 5.74) is 1.71. The highest BCUT2D eigenvalue weighted by Gasteiger charge is 2.46. The Bertz CT molecular complexity index is 269. The van der Waals surface area contributed by atoms with Crippen LogP contribution in [0.3, 0.4) is 0 Å². The van der Waals surface area contributed by atoms with Crippen LogP contribution in [-0.2, 0) is 0 Å². The van der Waals surface area contributed by atoms with E-state index < -0.39 is 0 Å². The lowest BCUT2D eigenvalue weighted by Gasteiger charge is -2.50. The average molecular weight is 195 g/mol. The first-order valence-electron chi connectivity index (χ1n) is 5.57. The van der Waals surface area contributed by atoms with Crippen molar-refractivity contribution in [3.63, 3.8) is 0 Å². The van der Waals surface area contributed by atoms with E-state index in [1.165, 1.54) is 5.57 Å². The van der Waals surface area contributed by atoms with Crippen LogP contribution < -0.4 is 5.32 Å². The molecule has 0 saturated heterocycles. The second kappa shape index (κ2) is 3.07. The monoisotopic (exact) mass is 195 g/mol. The summed E-state index contributed by atoms with van der Waals surface area (Å²) in [4.78, 5) is 0. The van der Waals surface area contributed by atoms with Crippen LogP contribution in [0.1, 0.15) is 33.6 Å². The highest BCUT2D eigenvalue weighted by Crippen LogP contribution is 2.51. The van der Waals surface area contributed by atoms with Crippen LogP contribution in [0.2, 0.25) is 0 Å². The molecule has 1 heterocycles. The van der Waals surface area contributed by atoms with Gasteiger partial charge in [-0.15, -0.1) is 0 Å². The average Bonchev–Trinajstić information content (AvgIpc) is 2.13. The van der Waals surface area contributed by atoms with Gasteiger partial charge in [-0.3, -0.25) is 0 Å². The number of aliphatic hydroxyl groups is 1. The molecule has 0 aromatic carbocycles. The maximum atomic E-state index is 10.0. The summed E-state index contributed by atoms with van der Waals surface area (Å²) < 4.78 is 0. The molecule has 0 aromatic rings. The molecule has 2 atom stereocenters. The highest BCUT2D eigenvalue weighted by molar-refractivity contribution is 5.28. The fraction of sp³-hybridized carbons (Fsp3) is 0.833. The molecule has 2 heteroatoms. The molecule has 2 N–H and O–H groups in total. The number of hydrogen-bond acceptors (Lipinski definition) is 2. The Morgan fingerprint density at radius 2 is 2.14 bits per heavy atom. The zero-order valence-corrected chi connectivity index (χ0v) is 9.43. The van der Waals surface area contributed by atoms with Gasteiger partial charge in [0.1, 0.15) is 0 Å². The van der Waals surface area contributed by atoms with Gasteiger partial charge in [0.2, 0.25) is 0 Å². The number of fused-ring (bicyclic) bond motifs is 1. The lowest BCUT2D eigenvalue weighted by molar-refractivity contribution is 0.0114. The standard InChI is InChI=1S/C12H21NO/c1-11(2)9-5-7-13-8-12(9,3)6-4-10(11)14/h5,10,13-14H,4,6-8H2,1-3H3/t10-,12+/m1/s1. The molecule has 0 aromatic heterocycles. The maximum absolute atomic E-state index is 10.0. The minimum Gasteiger partial charge on any atom is -0.392 e. The highest BCUT2D eigenvalue weighted by atomic mass is 16.3. The van der Waals surface area contributed by atoms with Crippen molar-refractivity contribution in [1.29, 1.82) is 0 Å². The lowest BCUT2D eigenvalue weighted by atomic mass is 9.58. The fourth-order valence-electron chi connectivity index (χ4n) is 3.12. The van der Waals surface area contributed by atoms with Crippen LogP contribution in [0.5, 0.6) is 0 Å². The van der Waals surface area contributed by atoms with Crippen molar-refractivity contribution in [2.45, 2.75) is 39.7 Å². The van der Waals surface area contributed by atoms with Crippen molar-refractivity contribution in [3.8, 4) is 0 Å². The molecule has 80 valence electrons. The van der Waals surface area contributed by atoms with Crippen molar-refractivity contribution in [2.75, 3.05) is 13.1 Å². The van der Waals surface area contributed by atoms with Crippen LogP contribution >= 0.6 is 0 Å². The van der Waals surface area contributed by atoms with E-state index in [-0.39, 0.29) is 16.9 Å². The van der Waals surface area contributed by atoms with Gasteiger partial charge in [-0.2, -0.15) is 0 Å². The van der Waals surface area contributed by atoms with Crippen molar-refractivity contribution in [3.05, 3.63) is 11.6 Å². The van der Waals surface area contributed by atoms with E-state index in [0.717, 1.165) is 25.9 Å². The minimum atomic E-state index is -0.167. The van der Waals surface area contributed by atoms with Crippen molar-refractivity contribution >= 4 is 0 Å². The largest absolute Gasteiger partial charge is 0.392 e. The first kappa shape index (κ1) is 10.2. The third kappa shape index (κ3) is 1.32. The summed E-state index contributed by atoms with van der Waals surface area (Å²) in [6.45, 7) is 8.69. The van der Waals surface area contributed by atoms with Gasteiger partial charge < -0.3 is 10.4 Å². The summed E-state index contributed by atoms with van der Waals surface area (Å²) in [7, 11) is 0. The van der Waals surface area contributed by atoms with Crippen LogP contribution in [0.15, 0.2) is 11.6 Å². The Labute approximate surface area is 86.4 Å². The predicted molar refractivity (Wildman–Crippen MR) is 58.1 cm³/mol. The number of hydrogen-bond donors (Lipinski definition) is 2. The van der Waals surface area contributed by atoms with Gasteiger partial charge >= 0.3 is 0 Å². The number of nitrogens with one attached hydrogen (secondary N) is 1. The van der Waals surface area contributed by atoms with Crippen LogP contribution in [0.25, 0.3) is 0 Å². The van der Waals surface area contributed by atoms with Gasteiger partial charge in [0.05, 0.1) is 6.10 Å². The Hall–Kier alpha value is -0.340. The van der Waals surface area contributed by atoms with Gasteiger partial charge in [0.25, 0.3) is 0 Å². The normalized spacial score (nSPS) is 41.4. The molecule has 2 rings (SSSR count). The summed E-state index contributed by atoms with van der Waals surface area (Å²) in [5.74, 6) is 0. The second-order valence-corrected chi connectivity index (χ2v) is 5.59. The van der Waals surface area contributed by atoms with Gasteiger partial charge in [-0.05, 0) is 12.8 Å². The van der Waals surface area contributed by atoms with Crippen LogP contribution in [-0.4, -0.2) is 24.3 Å². The Balaban J connectivity index is 2.39. The molecule has 1 aliphatic heterocycles. The minimum absolute atomic E-state index is 0.0326. The molecule has 1 saturated carbocycles. The Morgan fingerprint density at radius 3 is 2.86 bits per heavy atom. The number of aliphatic hydroxyl groups excluding tert-OH is 1. The zero-order valence-electron chi connectivity index (χ0n) is 9.43. The van der Waals surface area contributed by atoms with Crippen LogP contribution in [0, 0.1) is 10.8 Å². The molecule has 1 aliphatic carbocycles. The van der Waals surface area contributed by atoms with E-state index in [2.05, 4.69) is 32.2 Å². The molecule has 0 bridgehead atoms. The van der Waals surface area contributed by atoms with E-state index in [1.54, 1.807) is 0 Å². The Morgan fingerprint density at radius 1 is 1.43 bits per heavy atom. The van der Waals surface area contributed by atoms with Crippen molar-refractivity contribution in [1.82, 2.24) is 5.32 Å². The van der Waals surface area contributed by atoms with Gasteiger partial charge in [0, 0.05) is 23.9 Å². The molecule has 0 radical (unpaired) electrons. The quantitative estimate of drug-likeness (QED) is 0.577. The molecule has 2 nitrogen and oxygen atoms in total. The molecule has 14 heavy (non-hydrogen) atoms. The topological polar surface area (TPSA) is 32.3 Å². The molecular formula is C12H21NO. The molecule has 2 aliphatic rings. The van der Waals surface area contributed by atoms with Gasteiger partial charge in [-0.25, -0.2) is 0 Å². The van der Waals surface area contributed by atoms with Crippen molar-refractivity contribution < 1.29 is 5.11 Å². The van der Waals surface area contributed by atoms with E-state index >= 15 is 0 Å². The SMILES string of the molecule is CC1(C)C2=CCNC[C@]2(C)CC[C@H]1O. The summed E-state index contributed by atoms with van der Waals surface area (Å²) >= 11 is 0. The summed E-state index contributed by atoms with van der Waals surface area (Å²) in [6.07, 6.45) is 4.16. The maximum Gasteiger partial charge on any atom is 0.0628 e. The Kier molecular flexibility index (Phi) is 2.24. The smallest absolute Gasteiger partial charge is 0.0628 e. The lowest BCUT2D eigenvalue weighted by Crippen LogP contribution is -2.50. The summed E-state index contributed by atoms with van der Waals surface area (Å²) in [5, 5.41) is 13.4. The van der Waals surface area contributed by atoms with E-state index in [0.29, 0.717) is 0 Å². The number of rotatable bonds is 0. The van der Waals surface area contributed by atoms with E-state index in [9.17, 15) is 5.11 Å². The fourth-order valence-corrected chi connectivity index (χ4v) is 3.12. The molecule has 1 fully saturated rings. The molecule has 0 amide bonds. The molecular weight excluding hydrogens is 174 g/mol. The predicted octanol–water partition coefficient (Wildman–Crippen LogP) is 1.70. The van der Waals surface area contributed by atoms with Crippen molar-refractivity contribution in [2.24, 2.45) is 10.8 Å². The molecule has 0 spiro atoms. The third-order valence-corrected chi connectivity index (χ3v) is 4.11. The first-order valence-corrected chi connectivity index (χ1v) is 5.57. The second-order valence-electron chi connectivity index (χ2n) is 5.59. The van der Waals surface area contributed by atoms with Crippen LogP contribution in [0.4, 0.5) is 0 Å². The zero-order chi connectivity index (χ0) is 10.4. The van der Waals surface area contributed by atoms with E-state index in [1.807, 2.05) is 0 Å². The van der Waals surface area contributed by atoms with Gasteiger partial charge in [0.15, 0.2) is 0 Å². The summed E-state index contributed by atoms with van der Waals surface area (Å²) in [6, 6.07) is 0.